The maximum atomic E-state index is 12.1. The molecule has 0 bridgehead atoms. The van der Waals surface area contributed by atoms with E-state index in [2.05, 4.69) is 48.0 Å². The summed E-state index contributed by atoms with van der Waals surface area (Å²) < 4.78 is 13.8. The van der Waals surface area contributed by atoms with E-state index in [4.69, 9.17) is 14.5 Å². The van der Waals surface area contributed by atoms with Crippen molar-refractivity contribution < 1.29 is 14.3 Å². The largest absolute Gasteiger partial charge is 0.491 e. The van der Waals surface area contributed by atoms with E-state index in [0.717, 1.165) is 66.0 Å². The molecule has 4 rings (SSSR count). The number of fused-ring (bicyclic) bond motifs is 1. The van der Waals surface area contributed by atoms with Gasteiger partial charge in [0.2, 0.25) is 5.91 Å². The first-order chi connectivity index (χ1) is 15.1. The molecule has 6 heteroatoms. The highest BCUT2D eigenvalue weighted by molar-refractivity contribution is 5.80. The fourth-order valence-corrected chi connectivity index (χ4v) is 4.19. The van der Waals surface area contributed by atoms with Crippen LogP contribution in [0.25, 0.3) is 11.0 Å². The molecule has 1 amide bonds. The first kappa shape index (κ1) is 21.4. The molecule has 31 heavy (non-hydrogen) atoms. The number of amides is 1. The van der Waals surface area contributed by atoms with Crippen molar-refractivity contribution >= 4 is 16.9 Å². The van der Waals surface area contributed by atoms with Gasteiger partial charge in [-0.15, -0.1) is 0 Å². The predicted molar refractivity (Wildman–Crippen MR) is 121 cm³/mol. The molecular formula is C25H31N3O3. The lowest BCUT2D eigenvalue weighted by atomic mass is 10.1. The molecule has 1 fully saturated rings. The van der Waals surface area contributed by atoms with Gasteiger partial charge in [-0.3, -0.25) is 4.79 Å². The molecule has 1 saturated heterocycles. The third-order valence-corrected chi connectivity index (χ3v) is 5.80. The minimum atomic E-state index is -0.272. The zero-order valence-electron chi connectivity index (χ0n) is 18.4. The first-order valence-electron chi connectivity index (χ1n) is 11.2. The van der Waals surface area contributed by atoms with Crippen LogP contribution < -0.4 is 10.1 Å². The van der Waals surface area contributed by atoms with Gasteiger partial charge in [-0.2, -0.15) is 0 Å². The fourth-order valence-electron chi connectivity index (χ4n) is 4.19. The van der Waals surface area contributed by atoms with E-state index in [-0.39, 0.29) is 12.0 Å². The number of nitrogens with zero attached hydrogens (tertiary/aromatic N) is 2. The van der Waals surface area contributed by atoms with Gasteiger partial charge >= 0.3 is 0 Å². The van der Waals surface area contributed by atoms with Gasteiger partial charge in [-0.05, 0) is 56.4 Å². The summed E-state index contributed by atoms with van der Waals surface area (Å²) in [6, 6.07) is 14.4. The molecule has 1 aromatic heterocycles. The van der Waals surface area contributed by atoms with Crippen molar-refractivity contribution in [2.45, 2.75) is 52.2 Å². The van der Waals surface area contributed by atoms with Crippen LogP contribution in [0.4, 0.5) is 0 Å². The molecule has 3 aromatic rings. The lowest BCUT2D eigenvalue weighted by molar-refractivity contribution is -0.130. The number of hydrogen-bond donors (Lipinski definition) is 1. The second-order valence-electron chi connectivity index (χ2n) is 8.13. The van der Waals surface area contributed by atoms with E-state index in [1.807, 2.05) is 18.2 Å². The summed E-state index contributed by atoms with van der Waals surface area (Å²) in [6.45, 7) is 6.77. The summed E-state index contributed by atoms with van der Waals surface area (Å²) in [4.78, 5) is 17.0. The van der Waals surface area contributed by atoms with Gasteiger partial charge < -0.3 is 19.4 Å². The van der Waals surface area contributed by atoms with E-state index in [1.165, 1.54) is 0 Å². The van der Waals surface area contributed by atoms with Crippen molar-refractivity contribution in [3.8, 4) is 5.75 Å². The van der Waals surface area contributed by atoms with Crippen molar-refractivity contribution in [3.05, 3.63) is 59.4 Å². The molecule has 2 aromatic carbocycles. The maximum absolute atomic E-state index is 12.1. The maximum Gasteiger partial charge on any atom is 0.249 e. The van der Waals surface area contributed by atoms with Gasteiger partial charge in [0.25, 0.3) is 0 Å². The molecule has 0 aliphatic carbocycles. The van der Waals surface area contributed by atoms with E-state index in [9.17, 15) is 4.79 Å². The highest BCUT2D eigenvalue weighted by Crippen LogP contribution is 2.23. The Kier molecular flexibility index (Phi) is 6.87. The predicted octanol–water partition coefficient (Wildman–Crippen LogP) is 3.96. The number of nitrogens with one attached hydrogen (secondary N) is 1. The molecular weight excluding hydrogens is 390 g/mol. The number of aromatic nitrogens is 2. The Hall–Kier alpha value is -2.86. The van der Waals surface area contributed by atoms with Crippen molar-refractivity contribution in [1.82, 2.24) is 14.9 Å². The quantitative estimate of drug-likeness (QED) is 0.531. The van der Waals surface area contributed by atoms with E-state index < -0.39 is 0 Å². The average molecular weight is 422 g/mol. The number of aryl methyl sites for hydroxylation is 3. The van der Waals surface area contributed by atoms with E-state index in [0.29, 0.717) is 19.8 Å². The Bertz CT molecular complexity index is 1020. The Morgan fingerprint density at radius 2 is 2.00 bits per heavy atom. The smallest absolute Gasteiger partial charge is 0.249 e. The van der Waals surface area contributed by atoms with Crippen molar-refractivity contribution in [1.29, 1.82) is 0 Å². The van der Waals surface area contributed by atoms with Crippen LogP contribution in [0.5, 0.6) is 5.75 Å². The number of ether oxygens (including phenoxy) is 2. The number of carbonyl (C=O) groups is 1. The monoisotopic (exact) mass is 421 g/mol. The molecule has 1 aliphatic rings. The van der Waals surface area contributed by atoms with Gasteiger partial charge in [-0.25, -0.2) is 4.98 Å². The standard InChI is InChI=1S/C25H31N3O3/c1-18-8-5-9-19(2)24(18)31-17-15-28-21-11-4-3-10-20(21)27-23(28)13-6-14-26-25(29)22-12-7-16-30-22/h3-5,8-11,22H,6-7,12-17H2,1-2H3,(H,26,29). The summed E-state index contributed by atoms with van der Waals surface area (Å²) in [7, 11) is 0. The lowest BCUT2D eigenvalue weighted by Gasteiger charge is -2.14. The third kappa shape index (κ3) is 5.07. The molecule has 2 heterocycles. The molecule has 1 unspecified atom stereocenters. The van der Waals surface area contributed by atoms with Gasteiger partial charge in [0.05, 0.1) is 17.6 Å². The number of rotatable bonds is 9. The van der Waals surface area contributed by atoms with Crippen LogP contribution in [0.3, 0.4) is 0 Å². The van der Waals surface area contributed by atoms with E-state index >= 15 is 0 Å². The number of para-hydroxylation sites is 3. The second kappa shape index (κ2) is 9.96. The van der Waals surface area contributed by atoms with Gasteiger partial charge in [0.1, 0.15) is 24.3 Å². The first-order valence-corrected chi connectivity index (χ1v) is 11.2. The van der Waals surface area contributed by atoms with Crippen LogP contribution in [0.15, 0.2) is 42.5 Å². The van der Waals surface area contributed by atoms with Crippen molar-refractivity contribution in [3.63, 3.8) is 0 Å². The van der Waals surface area contributed by atoms with E-state index in [1.54, 1.807) is 0 Å². The molecule has 6 nitrogen and oxygen atoms in total. The highest BCUT2D eigenvalue weighted by atomic mass is 16.5. The summed E-state index contributed by atoms with van der Waals surface area (Å²) in [5.74, 6) is 2.00. The number of benzene rings is 2. The molecule has 0 radical (unpaired) electrons. The van der Waals surface area contributed by atoms with Crippen LogP contribution in [0, 0.1) is 13.8 Å². The fraction of sp³-hybridized carbons (Fsp3) is 0.440. The minimum Gasteiger partial charge on any atom is -0.491 e. The normalized spacial score (nSPS) is 16.0. The molecule has 0 spiro atoms. The average Bonchev–Trinajstić information content (AvgIpc) is 3.42. The molecule has 1 atom stereocenters. The van der Waals surface area contributed by atoms with Crippen molar-refractivity contribution in [2.24, 2.45) is 0 Å². The SMILES string of the molecule is Cc1cccc(C)c1OCCn1c(CCCNC(=O)C2CCCO2)nc2ccccc21. The third-order valence-electron chi connectivity index (χ3n) is 5.80. The zero-order valence-corrected chi connectivity index (χ0v) is 18.4. The Morgan fingerprint density at radius 1 is 1.19 bits per heavy atom. The molecule has 164 valence electrons. The van der Waals surface area contributed by atoms with Gasteiger partial charge in [0, 0.05) is 19.6 Å². The lowest BCUT2D eigenvalue weighted by Crippen LogP contribution is -2.34. The summed E-state index contributed by atoms with van der Waals surface area (Å²) in [5, 5.41) is 3.00. The Balaban J connectivity index is 1.38. The zero-order chi connectivity index (χ0) is 21.6. The number of carbonyl (C=O) groups excluding carboxylic acids is 1. The van der Waals surface area contributed by atoms with Gasteiger partial charge in [0.15, 0.2) is 0 Å². The molecule has 1 aliphatic heterocycles. The van der Waals surface area contributed by atoms with Crippen LogP contribution >= 0.6 is 0 Å². The topological polar surface area (TPSA) is 65.4 Å². The second-order valence-corrected chi connectivity index (χ2v) is 8.13. The minimum absolute atomic E-state index is 0.00741. The van der Waals surface area contributed by atoms with Crippen LogP contribution in [0.1, 0.15) is 36.2 Å². The Morgan fingerprint density at radius 3 is 2.77 bits per heavy atom. The highest BCUT2D eigenvalue weighted by Gasteiger charge is 2.22. The molecule has 1 N–H and O–H groups in total. The molecule has 0 saturated carbocycles. The van der Waals surface area contributed by atoms with Crippen LogP contribution in [-0.4, -0.2) is 41.3 Å². The summed E-state index contributed by atoms with van der Waals surface area (Å²) in [6.07, 6.45) is 3.14. The Labute approximate surface area is 183 Å². The van der Waals surface area contributed by atoms with Crippen molar-refractivity contribution in [2.75, 3.05) is 19.8 Å². The van der Waals surface area contributed by atoms with Crippen LogP contribution in [-0.2, 0) is 22.5 Å². The van der Waals surface area contributed by atoms with Crippen LogP contribution in [0.2, 0.25) is 0 Å². The van der Waals surface area contributed by atoms with Gasteiger partial charge in [-0.1, -0.05) is 30.3 Å². The summed E-state index contributed by atoms with van der Waals surface area (Å²) >= 11 is 0. The summed E-state index contributed by atoms with van der Waals surface area (Å²) in [5.41, 5.74) is 4.41. The number of imidazole rings is 1. The number of hydrogen-bond acceptors (Lipinski definition) is 4.